The fourth-order valence-corrected chi connectivity index (χ4v) is 2.85. The molecule has 0 atom stereocenters. The molecule has 0 heterocycles. The van der Waals surface area contributed by atoms with Gasteiger partial charge in [-0.1, -0.05) is 6.07 Å². The second kappa shape index (κ2) is 5.68. The van der Waals surface area contributed by atoms with Gasteiger partial charge in [0.1, 0.15) is 10.6 Å². The summed E-state index contributed by atoms with van der Waals surface area (Å²) in [5, 5.41) is 10.7. The first kappa shape index (κ1) is 15.8. The van der Waals surface area contributed by atoms with Gasteiger partial charge in [-0.3, -0.25) is 10.1 Å². The number of aryl methyl sites for hydroxylation is 1. The highest BCUT2D eigenvalue weighted by Gasteiger charge is 2.23. The van der Waals surface area contributed by atoms with Crippen molar-refractivity contribution in [2.45, 2.75) is 11.8 Å². The highest BCUT2D eigenvalue weighted by Crippen LogP contribution is 2.25. The lowest BCUT2D eigenvalue weighted by atomic mass is 10.2. The van der Waals surface area contributed by atoms with Crippen molar-refractivity contribution in [3.63, 3.8) is 0 Å². The van der Waals surface area contributed by atoms with Crippen LogP contribution < -0.4 is 4.18 Å². The molecule has 2 rings (SSSR count). The molecule has 116 valence electrons. The van der Waals surface area contributed by atoms with E-state index >= 15 is 0 Å². The lowest BCUT2D eigenvalue weighted by Crippen LogP contribution is -2.12. The van der Waals surface area contributed by atoms with Gasteiger partial charge in [-0.15, -0.1) is 0 Å². The number of rotatable bonds is 4. The SMILES string of the molecule is Cc1ccc([N+](=O)[O-])cc1S(=O)(=O)Oc1ccc(F)c(F)c1. The fourth-order valence-electron chi connectivity index (χ4n) is 1.67. The number of hydrogen-bond donors (Lipinski definition) is 0. The smallest absolute Gasteiger partial charge is 0.339 e. The molecule has 0 radical (unpaired) electrons. The molecular weight excluding hydrogens is 320 g/mol. The molecule has 0 spiro atoms. The summed E-state index contributed by atoms with van der Waals surface area (Å²) in [6.45, 7) is 1.42. The molecule has 9 heteroatoms. The molecule has 22 heavy (non-hydrogen) atoms. The van der Waals surface area contributed by atoms with E-state index in [9.17, 15) is 27.3 Å². The number of nitro benzene ring substituents is 1. The van der Waals surface area contributed by atoms with Gasteiger partial charge in [0.2, 0.25) is 0 Å². The van der Waals surface area contributed by atoms with Crippen molar-refractivity contribution in [1.29, 1.82) is 0 Å². The molecular formula is C13H9F2NO5S. The Morgan fingerprint density at radius 2 is 1.77 bits per heavy atom. The second-order valence-corrected chi connectivity index (χ2v) is 5.84. The molecule has 0 saturated carbocycles. The summed E-state index contributed by atoms with van der Waals surface area (Å²) in [6.07, 6.45) is 0. The lowest BCUT2D eigenvalue weighted by Gasteiger charge is -2.09. The van der Waals surface area contributed by atoms with Crippen molar-refractivity contribution in [1.82, 2.24) is 0 Å². The van der Waals surface area contributed by atoms with Gasteiger partial charge in [0.15, 0.2) is 11.6 Å². The number of benzene rings is 2. The number of hydrogen-bond acceptors (Lipinski definition) is 5. The summed E-state index contributed by atoms with van der Waals surface area (Å²) in [4.78, 5) is 9.53. The highest BCUT2D eigenvalue weighted by atomic mass is 32.2. The Morgan fingerprint density at radius 3 is 2.36 bits per heavy atom. The maximum absolute atomic E-state index is 13.1. The van der Waals surface area contributed by atoms with E-state index in [0.717, 1.165) is 18.2 Å². The zero-order valence-corrected chi connectivity index (χ0v) is 11.9. The third-order valence-electron chi connectivity index (χ3n) is 2.75. The van der Waals surface area contributed by atoms with Crippen LogP contribution in [0.15, 0.2) is 41.3 Å². The van der Waals surface area contributed by atoms with Crippen LogP contribution in [0, 0.1) is 28.7 Å². The first-order valence-electron chi connectivity index (χ1n) is 5.85. The summed E-state index contributed by atoms with van der Waals surface area (Å²) in [5.74, 6) is -2.87. The largest absolute Gasteiger partial charge is 0.379 e. The molecule has 0 aliphatic carbocycles. The molecule has 0 aliphatic heterocycles. The van der Waals surface area contributed by atoms with Gasteiger partial charge < -0.3 is 4.18 Å². The molecule has 2 aromatic carbocycles. The number of nitro groups is 1. The van der Waals surface area contributed by atoms with Crippen LogP contribution in [0.3, 0.4) is 0 Å². The van der Waals surface area contributed by atoms with E-state index in [0.29, 0.717) is 12.1 Å². The average molecular weight is 329 g/mol. The molecule has 0 aliphatic rings. The van der Waals surface area contributed by atoms with Gasteiger partial charge in [0.25, 0.3) is 5.69 Å². The van der Waals surface area contributed by atoms with Gasteiger partial charge in [0.05, 0.1) is 4.92 Å². The topological polar surface area (TPSA) is 86.5 Å². The molecule has 0 bridgehead atoms. The Kier molecular flexibility index (Phi) is 4.09. The summed E-state index contributed by atoms with van der Waals surface area (Å²) in [7, 11) is -4.42. The Balaban J connectivity index is 2.44. The normalized spacial score (nSPS) is 11.2. The number of non-ortho nitro benzene ring substituents is 1. The van der Waals surface area contributed by atoms with Crippen molar-refractivity contribution in [2.24, 2.45) is 0 Å². The molecule has 6 nitrogen and oxygen atoms in total. The van der Waals surface area contributed by atoms with Gasteiger partial charge in [0, 0.05) is 18.2 Å². The standard InChI is InChI=1S/C13H9F2NO5S/c1-8-2-3-9(16(17)18)6-13(8)22(19,20)21-10-4-5-11(14)12(15)7-10/h2-7H,1H3. The predicted molar refractivity (Wildman–Crippen MR) is 72.0 cm³/mol. The van der Waals surface area contributed by atoms with Crippen LogP contribution in [0.2, 0.25) is 0 Å². The van der Waals surface area contributed by atoms with E-state index in [1.807, 2.05) is 0 Å². The fraction of sp³-hybridized carbons (Fsp3) is 0.0769. The Morgan fingerprint density at radius 1 is 1.09 bits per heavy atom. The van der Waals surface area contributed by atoms with Crippen LogP contribution in [0.25, 0.3) is 0 Å². The van der Waals surface area contributed by atoms with E-state index in [1.165, 1.54) is 13.0 Å². The van der Waals surface area contributed by atoms with Gasteiger partial charge in [-0.05, 0) is 24.6 Å². The quantitative estimate of drug-likeness (QED) is 0.489. The lowest BCUT2D eigenvalue weighted by molar-refractivity contribution is -0.385. The number of halogens is 2. The van der Waals surface area contributed by atoms with E-state index < -0.39 is 43.0 Å². The molecule has 2 aromatic rings. The molecule has 0 saturated heterocycles. The zero-order valence-electron chi connectivity index (χ0n) is 11.1. The Bertz CT molecular complexity index is 852. The Labute approximate surface area is 124 Å². The first-order valence-corrected chi connectivity index (χ1v) is 7.26. The minimum Gasteiger partial charge on any atom is -0.379 e. The molecule has 0 amide bonds. The third-order valence-corrected chi connectivity index (χ3v) is 4.14. The monoisotopic (exact) mass is 329 g/mol. The summed E-state index contributed by atoms with van der Waals surface area (Å²) < 4.78 is 54.8. The van der Waals surface area contributed by atoms with Crippen molar-refractivity contribution >= 4 is 15.8 Å². The van der Waals surface area contributed by atoms with Crippen LogP contribution in [0.5, 0.6) is 5.75 Å². The van der Waals surface area contributed by atoms with Crippen LogP contribution in [0.1, 0.15) is 5.56 Å². The second-order valence-electron chi connectivity index (χ2n) is 4.32. The van der Waals surface area contributed by atoms with E-state index in [2.05, 4.69) is 4.18 Å². The minimum absolute atomic E-state index is 0.216. The third kappa shape index (κ3) is 3.19. The van der Waals surface area contributed by atoms with Crippen molar-refractivity contribution in [3.05, 3.63) is 63.7 Å². The van der Waals surface area contributed by atoms with Crippen molar-refractivity contribution in [3.8, 4) is 5.75 Å². The zero-order chi connectivity index (χ0) is 16.5. The maximum atomic E-state index is 13.1. The van der Waals surface area contributed by atoms with Crippen LogP contribution >= 0.6 is 0 Å². The average Bonchev–Trinajstić information content (AvgIpc) is 2.42. The molecule has 0 unspecified atom stereocenters. The van der Waals surface area contributed by atoms with Crippen LogP contribution in [-0.4, -0.2) is 13.3 Å². The predicted octanol–water partition coefficient (Wildman–Crippen LogP) is 2.95. The van der Waals surface area contributed by atoms with E-state index in [-0.39, 0.29) is 5.56 Å². The van der Waals surface area contributed by atoms with Crippen LogP contribution in [-0.2, 0) is 10.1 Å². The van der Waals surface area contributed by atoms with Crippen molar-refractivity contribution in [2.75, 3.05) is 0 Å². The van der Waals surface area contributed by atoms with E-state index in [1.54, 1.807) is 0 Å². The van der Waals surface area contributed by atoms with Crippen molar-refractivity contribution < 1.29 is 26.3 Å². The summed E-state index contributed by atoms with van der Waals surface area (Å²) in [6, 6.07) is 5.44. The van der Waals surface area contributed by atoms with Gasteiger partial charge in [-0.25, -0.2) is 8.78 Å². The number of nitrogens with zero attached hydrogens (tertiary/aromatic N) is 1. The first-order chi connectivity index (χ1) is 10.2. The van der Waals surface area contributed by atoms with Gasteiger partial charge >= 0.3 is 10.1 Å². The van der Waals surface area contributed by atoms with Gasteiger partial charge in [-0.2, -0.15) is 8.42 Å². The molecule has 0 fully saturated rings. The molecule has 0 aromatic heterocycles. The van der Waals surface area contributed by atoms with Crippen LogP contribution in [0.4, 0.5) is 14.5 Å². The summed E-state index contributed by atoms with van der Waals surface area (Å²) >= 11 is 0. The van der Waals surface area contributed by atoms with E-state index in [4.69, 9.17) is 0 Å². The minimum atomic E-state index is -4.42. The molecule has 0 N–H and O–H groups in total. The highest BCUT2D eigenvalue weighted by molar-refractivity contribution is 7.87. The Hall–Kier alpha value is -2.55. The summed E-state index contributed by atoms with van der Waals surface area (Å²) in [5.41, 5.74) is -0.216. The maximum Gasteiger partial charge on any atom is 0.339 e.